The number of aliphatic hydroxyl groups is 4. The van der Waals surface area contributed by atoms with E-state index in [-0.39, 0.29) is 48.4 Å². The molecule has 9 atom stereocenters. The zero-order valence-electron chi connectivity index (χ0n) is 22.3. The fourth-order valence-corrected chi connectivity index (χ4v) is 8.31. The number of ether oxygens (including phenoxy) is 1. The number of fused-ring (bicyclic) bond motifs is 5. The molecule has 4 aliphatic carbocycles. The van der Waals surface area contributed by atoms with E-state index in [2.05, 4.69) is 13.8 Å². The Bertz CT molecular complexity index is 1000. The molecule has 5 N–H and O–H groups in total. The molecule has 0 radical (unpaired) electrons. The van der Waals surface area contributed by atoms with Crippen LogP contribution in [0.3, 0.4) is 0 Å². The van der Waals surface area contributed by atoms with Crippen LogP contribution in [0.2, 0.25) is 0 Å². The highest BCUT2D eigenvalue weighted by atomic mass is 16.5. The molecule has 0 heterocycles. The number of hydrogen-bond donors (Lipinski definition) is 5. The third kappa shape index (κ3) is 5.35. The van der Waals surface area contributed by atoms with Crippen molar-refractivity contribution in [1.29, 1.82) is 0 Å². The molecule has 4 rings (SSSR count). The summed E-state index contributed by atoms with van der Waals surface area (Å²) in [7, 11) is 0. The summed E-state index contributed by atoms with van der Waals surface area (Å²) < 4.78 is 5.24. The maximum atomic E-state index is 12.1. The van der Waals surface area contributed by atoms with E-state index in [1.807, 2.05) is 6.08 Å². The van der Waals surface area contributed by atoms with Gasteiger partial charge in [-0.05, 0) is 68.9 Å². The summed E-state index contributed by atoms with van der Waals surface area (Å²) in [6.45, 7) is 4.29. The third-order valence-corrected chi connectivity index (χ3v) is 10.2. The topological polar surface area (TPSA) is 162 Å². The summed E-state index contributed by atoms with van der Waals surface area (Å²) in [5.74, 6) is -1.32. The van der Waals surface area contributed by atoms with Gasteiger partial charge in [0.25, 0.3) is 0 Å². The number of carbonyl (C=O) groups excluding carboxylic acids is 2. The van der Waals surface area contributed by atoms with Crippen LogP contribution in [0.5, 0.6) is 0 Å². The van der Waals surface area contributed by atoms with Gasteiger partial charge in [-0.3, -0.25) is 14.4 Å². The van der Waals surface area contributed by atoms with Gasteiger partial charge in [0.05, 0.1) is 43.4 Å². The van der Waals surface area contributed by atoms with Crippen molar-refractivity contribution in [3.63, 3.8) is 0 Å². The number of esters is 1. The first-order valence-electron chi connectivity index (χ1n) is 13.9. The molecule has 0 saturated heterocycles. The van der Waals surface area contributed by atoms with E-state index in [4.69, 9.17) is 9.84 Å². The molecule has 3 fully saturated rings. The fraction of sp³-hybridized carbons (Fsp3) is 0.759. The quantitative estimate of drug-likeness (QED) is 0.209. The van der Waals surface area contributed by atoms with Crippen molar-refractivity contribution in [3.8, 4) is 0 Å². The molecule has 3 saturated carbocycles. The number of carboxylic acid groups (broad SMARTS) is 1. The minimum absolute atomic E-state index is 0.00675. The van der Waals surface area contributed by atoms with Crippen LogP contribution in [0.4, 0.5) is 0 Å². The van der Waals surface area contributed by atoms with Crippen LogP contribution < -0.4 is 0 Å². The number of hydrogen-bond acceptors (Lipinski definition) is 8. The van der Waals surface area contributed by atoms with E-state index in [0.717, 1.165) is 24.8 Å². The van der Waals surface area contributed by atoms with Gasteiger partial charge >= 0.3 is 11.9 Å². The van der Waals surface area contributed by atoms with Crippen molar-refractivity contribution >= 4 is 17.7 Å². The summed E-state index contributed by atoms with van der Waals surface area (Å²) in [6, 6.07) is 0. The third-order valence-electron chi connectivity index (χ3n) is 10.2. The molecule has 0 aromatic carbocycles. The molecule has 0 amide bonds. The van der Waals surface area contributed by atoms with Gasteiger partial charge in [-0.15, -0.1) is 0 Å². The fourth-order valence-electron chi connectivity index (χ4n) is 8.31. The Morgan fingerprint density at radius 2 is 1.87 bits per heavy atom. The molecular weight excluding hydrogens is 492 g/mol. The number of carboxylic acids is 1. The average Bonchev–Trinajstić information content (AvgIpc) is 3.06. The maximum Gasteiger partial charge on any atom is 0.308 e. The van der Waals surface area contributed by atoms with Gasteiger partial charge in [-0.1, -0.05) is 25.5 Å². The van der Waals surface area contributed by atoms with Crippen LogP contribution in [0, 0.1) is 28.6 Å². The van der Waals surface area contributed by atoms with Crippen LogP contribution >= 0.6 is 0 Å². The molecular formula is C29H42O9. The molecule has 3 unspecified atom stereocenters. The Balaban J connectivity index is 1.32. The van der Waals surface area contributed by atoms with Crippen LogP contribution in [-0.4, -0.2) is 73.8 Å². The molecule has 0 aliphatic heterocycles. The first kappa shape index (κ1) is 28.9. The smallest absolute Gasteiger partial charge is 0.308 e. The normalized spacial score (nSPS) is 39.4. The lowest BCUT2D eigenvalue weighted by molar-refractivity contribution is -0.168. The summed E-state index contributed by atoms with van der Waals surface area (Å²) in [5.41, 5.74) is -0.711. The minimum atomic E-state index is -1.24. The standard InChI is InChI=1S/C29H42O9/c1-27-9-6-18(30)12-17(27)4-5-21-22-7-10-29(37,28(22,2)16-23(33)26(21)27)8-3-11-38-25(36)15-20(32)13-19(31)14-24(34)35/h6,9,12,19-23,26,31-33,37H,3-5,7-8,10-11,13-16H2,1-2H3,(H,34,35)/t19-,20+,21?,22?,23-,26?,27-,28-,29+/m0/s1. The first-order chi connectivity index (χ1) is 17.8. The molecule has 0 aromatic heterocycles. The Morgan fingerprint density at radius 3 is 2.58 bits per heavy atom. The second-order valence-electron chi connectivity index (χ2n) is 12.5. The molecule has 212 valence electrons. The minimum Gasteiger partial charge on any atom is -0.481 e. The van der Waals surface area contributed by atoms with E-state index in [1.165, 1.54) is 0 Å². The van der Waals surface area contributed by atoms with Gasteiger partial charge in [-0.25, -0.2) is 0 Å². The van der Waals surface area contributed by atoms with Gasteiger partial charge in [-0.2, -0.15) is 0 Å². The van der Waals surface area contributed by atoms with Crippen LogP contribution in [0.15, 0.2) is 23.8 Å². The van der Waals surface area contributed by atoms with E-state index in [9.17, 15) is 34.8 Å². The van der Waals surface area contributed by atoms with E-state index in [0.29, 0.717) is 25.7 Å². The zero-order chi connectivity index (χ0) is 27.9. The Labute approximate surface area is 223 Å². The van der Waals surface area contributed by atoms with Crippen LogP contribution in [0.25, 0.3) is 0 Å². The average molecular weight is 535 g/mol. The van der Waals surface area contributed by atoms with Gasteiger partial charge in [0, 0.05) is 23.2 Å². The molecule has 0 bridgehead atoms. The van der Waals surface area contributed by atoms with Crippen molar-refractivity contribution < 1.29 is 44.7 Å². The maximum absolute atomic E-state index is 12.1. The highest BCUT2D eigenvalue weighted by Crippen LogP contribution is 2.67. The lowest BCUT2D eigenvalue weighted by atomic mass is 9.46. The number of ketones is 1. The molecule has 38 heavy (non-hydrogen) atoms. The highest BCUT2D eigenvalue weighted by molar-refractivity contribution is 6.01. The van der Waals surface area contributed by atoms with Gasteiger partial charge in [0.15, 0.2) is 5.78 Å². The van der Waals surface area contributed by atoms with Crippen LogP contribution in [-0.2, 0) is 19.1 Å². The Morgan fingerprint density at radius 1 is 1.16 bits per heavy atom. The number of aliphatic hydroxyl groups excluding tert-OH is 3. The van der Waals surface area contributed by atoms with Gasteiger partial charge in [0.2, 0.25) is 0 Å². The summed E-state index contributed by atoms with van der Waals surface area (Å²) in [4.78, 5) is 34.7. The number of rotatable bonds is 10. The summed E-state index contributed by atoms with van der Waals surface area (Å²) >= 11 is 0. The van der Waals surface area contributed by atoms with Crippen molar-refractivity contribution in [2.24, 2.45) is 28.6 Å². The van der Waals surface area contributed by atoms with Crippen molar-refractivity contribution in [1.82, 2.24) is 0 Å². The highest BCUT2D eigenvalue weighted by Gasteiger charge is 2.65. The summed E-state index contributed by atoms with van der Waals surface area (Å²) in [6.07, 6.45) is 5.75. The first-order valence-corrected chi connectivity index (χ1v) is 13.9. The Kier molecular flexibility index (Phi) is 8.25. The van der Waals surface area contributed by atoms with Crippen molar-refractivity contribution in [2.45, 2.75) is 102 Å². The van der Waals surface area contributed by atoms with E-state index < -0.39 is 47.7 Å². The predicted molar refractivity (Wildman–Crippen MR) is 137 cm³/mol. The van der Waals surface area contributed by atoms with Crippen molar-refractivity contribution in [2.75, 3.05) is 6.61 Å². The van der Waals surface area contributed by atoms with E-state index in [1.54, 1.807) is 12.2 Å². The number of carbonyl (C=O) groups is 3. The lowest BCUT2D eigenvalue weighted by Crippen LogP contribution is -2.59. The number of aliphatic carboxylic acids is 1. The molecule has 9 heteroatoms. The largest absolute Gasteiger partial charge is 0.481 e. The zero-order valence-corrected chi connectivity index (χ0v) is 22.3. The Hall–Kier alpha value is -2.07. The second-order valence-corrected chi connectivity index (χ2v) is 12.5. The number of allylic oxidation sites excluding steroid dienone is 4. The van der Waals surface area contributed by atoms with E-state index >= 15 is 0 Å². The predicted octanol–water partition coefficient (Wildman–Crippen LogP) is 2.30. The molecule has 0 aromatic rings. The second kappa shape index (κ2) is 10.8. The molecule has 4 aliphatic rings. The van der Waals surface area contributed by atoms with Crippen LogP contribution in [0.1, 0.15) is 78.1 Å². The summed E-state index contributed by atoms with van der Waals surface area (Å²) in [5, 5.41) is 51.5. The SMILES string of the molecule is C[C@]12C=CC(=O)C=C1CCC1C2[C@@H](O)C[C@@]2(C)C1CC[C@]2(O)CCCOC(=O)C[C@H](O)C[C@H](O)CC(=O)O. The molecule has 9 nitrogen and oxygen atoms in total. The van der Waals surface area contributed by atoms with Gasteiger partial charge < -0.3 is 30.3 Å². The lowest BCUT2D eigenvalue weighted by Gasteiger charge is -2.60. The van der Waals surface area contributed by atoms with Gasteiger partial charge in [0.1, 0.15) is 0 Å². The molecule has 0 spiro atoms. The monoisotopic (exact) mass is 534 g/mol. The van der Waals surface area contributed by atoms with Crippen molar-refractivity contribution in [3.05, 3.63) is 23.8 Å².